The van der Waals surface area contributed by atoms with E-state index in [1.807, 2.05) is 37.3 Å². The molecule has 0 aliphatic heterocycles. The molecule has 0 saturated carbocycles. The van der Waals surface area contributed by atoms with Crippen molar-refractivity contribution in [2.75, 3.05) is 12.9 Å². The van der Waals surface area contributed by atoms with E-state index in [1.165, 1.54) is 7.11 Å². The number of esters is 1. The Hall–Kier alpha value is -0.930. The normalized spacial score (nSPS) is 11.4. The summed E-state index contributed by atoms with van der Waals surface area (Å²) in [5.41, 5.74) is 0.717. The molecule has 17 heavy (non-hydrogen) atoms. The van der Waals surface area contributed by atoms with Crippen molar-refractivity contribution in [2.45, 2.75) is 18.2 Å². The van der Waals surface area contributed by atoms with Gasteiger partial charge in [0.2, 0.25) is 0 Å². The average Bonchev–Trinajstić information content (AvgIpc) is 2.36. The Bertz CT molecular complexity index is 398. The standard InChI is InChI=1S/C13H15ClO2S/c1-3-10(13(15)16-2)8-9-17-12-6-4-11(14)5-7-12/h4-8H,3,9H2,1-2H3. The minimum absolute atomic E-state index is 0.246. The van der Waals surface area contributed by atoms with E-state index < -0.39 is 0 Å². The minimum atomic E-state index is -0.246. The maximum Gasteiger partial charge on any atom is 0.333 e. The van der Waals surface area contributed by atoms with E-state index in [1.54, 1.807) is 11.8 Å². The topological polar surface area (TPSA) is 26.3 Å². The van der Waals surface area contributed by atoms with Gasteiger partial charge in [0, 0.05) is 21.2 Å². The fourth-order valence-electron chi connectivity index (χ4n) is 1.27. The molecule has 92 valence electrons. The molecule has 1 aromatic rings. The SMILES string of the molecule is CCC(=CCSc1ccc(Cl)cc1)C(=O)OC. The predicted molar refractivity (Wildman–Crippen MR) is 72.6 cm³/mol. The lowest BCUT2D eigenvalue weighted by molar-refractivity contribution is -0.136. The average molecular weight is 271 g/mol. The molecule has 0 saturated heterocycles. The van der Waals surface area contributed by atoms with Gasteiger partial charge in [0.05, 0.1) is 7.11 Å². The molecule has 1 aromatic carbocycles. The van der Waals surface area contributed by atoms with Crippen LogP contribution in [0.15, 0.2) is 40.8 Å². The van der Waals surface area contributed by atoms with E-state index >= 15 is 0 Å². The summed E-state index contributed by atoms with van der Waals surface area (Å²) < 4.78 is 4.69. The summed E-state index contributed by atoms with van der Waals surface area (Å²) in [7, 11) is 1.40. The molecule has 0 radical (unpaired) electrons. The summed E-state index contributed by atoms with van der Waals surface area (Å²) in [6.07, 6.45) is 2.60. The number of ether oxygens (including phenoxy) is 1. The number of rotatable bonds is 5. The van der Waals surface area contributed by atoms with Gasteiger partial charge < -0.3 is 4.74 Å². The number of hydrogen-bond donors (Lipinski definition) is 0. The number of hydrogen-bond acceptors (Lipinski definition) is 3. The van der Waals surface area contributed by atoms with E-state index in [4.69, 9.17) is 11.6 Å². The van der Waals surface area contributed by atoms with E-state index in [2.05, 4.69) is 4.74 Å². The maximum atomic E-state index is 11.3. The Morgan fingerprint density at radius 2 is 2.06 bits per heavy atom. The predicted octanol–water partition coefficient (Wildman–Crippen LogP) is 3.94. The first-order valence-corrected chi connectivity index (χ1v) is 6.69. The van der Waals surface area contributed by atoms with Crippen molar-refractivity contribution in [3.8, 4) is 0 Å². The van der Waals surface area contributed by atoms with Crippen molar-refractivity contribution in [2.24, 2.45) is 0 Å². The fraction of sp³-hybridized carbons (Fsp3) is 0.308. The Morgan fingerprint density at radius 1 is 1.41 bits per heavy atom. The van der Waals surface area contributed by atoms with Gasteiger partial charge in [-0.3, -0.25) is 0 Å². The summed E-state index contributed by atoms with van der Waals surface area (Å²) in [5, 5.41) is 0.730. The molecule has 0 aliphatic carbocycles. The van der Waals surface area contributed by atoms with Crippen LogP contribution in [0.25, 0.3) is 0 Å². The molecule has 0 bridgehead atoms. The van der Waals surface area contributed by atoms with Crippen LogP contribution in [0, 0.1) is 0 Å². The maximum absolute atomic E-state index is 11.3. The molecule has 0 fully saturated rings. The van der Waals surface area contributed by atoms with Crippen LogP contribution < -0.4 is 0 Å². The van der Waals surface area contributed by atoms with Crippen LogP contribution in [-0.2, 0) is 9.53 Å². The number of thioether (sulfide) groups is 1. The lowest BCUT2D eigenvalue weighted by Gasteiger charge is -2.02. The van der Waals surface area contributed by atoms with E-state index in [0.29, 0.717) is 12.0 Å². The van der Waals surface area contributed by atoms with Crippen LogP contribution in [0.1, 0.15) is 13.3 Å². The van der Waals surface area contributed by atoms with Crippen molar-refractivity contribution >= 4 is 29.3 Å². The minimum Gasteiger partial charge on any atom is -0.466 e. The van der Waals surface area contributed by atoms with E-state index in [0.717, 1.165) is 15.7 Å². The summed E-state index contributed by atoms with van der Waals surface area (Å²) in [5.74, 6) is 0.504. The number of carbonyl (C=O) groups is 1. The molecular weight excluding hydrogens is 256 g/mol. The molecule has 2 nitrogen and oxygen atoms in total. The first-order chi connectivity index (χ1) is 8.17. The smallest absolute Gasteiger partial charge is 0.333 e. The highest BCUT2D eigenvalue weighted by Crippen LogP contribution is 2.21. The van der Waals surface area contributed by atoms with Crippen LogP contribution >= 0.6 is 23.4 Å². The molecule has 0 aromatic heterocycles. The lowest BCUT2D eigenvalue weighted by Crippen LogP contribution is -2.04. The Morgan fingerprint density at radius 3 is 2.59 bits per heavy atom. The molecule has 0 N–H and O–H groups in total. The zero-order chi connectivity index (χ0) is 12.7. The quantitative estimate of drug-likeness (QED) is 0.460. The van der Waals surface area contributed by atoms with Gasteiger partial charge >= 0.3 is 5.97 Å². The van der Waals surface area contributed by atoms with Gasteiger partial charge in [-0.1, -0.05) is 24.6 Å². The Labute approximate surface area is 111 Å². The second kappa shape index (κ2) is 7.41. The largest absolute Gasteiger partial charge is 0.466 e. The first kappa shape index (κ1) is 14.1. The number of benzene rings is 1. The van der Waals surface area contributed by atoms with Crippen LogP contribution in [0.3, 0.4) is 0 Å². The van der Waals surface area contributed by atoms with Crippen molar-refractivity contribution in [1.82, 2.24) is 0 Å². The van der Waals surface area contributed by atoms with Crippen molar-refractivity contribution in [1.29, 1.82) is 0 Å². The second-order valence-corrected chi connectivity index (χ2v) is 4.87. The van der Waals surface area contributed by atoms with Gasteiger partial charge in [0.1, 0.15) is 0 Å². The van der Waals surface area contributed by atoms with E-state index in [-0.39, 0.29) is 5.97 Å². The van der Waals surface area contributed by atoms with Gasteiger partial charge in [-0.2, -0.15) is 0 Å². The number of halogens is 1. The van der Waals surface area contributed by atoms with Gasteiger partial charge in [-0.15, -0.1) is 11.8 Å². The van der Waals surface area contributed by atoms with Crippen LogP contribution in [0.4, 0.5) is 0 Å². The summed E-state index contributed by atoms with van der Waals surface area (Å²) in [4.78, 5) is 12.4. The molecule has 0 unspecified atom stereocenters. The third-order valence-corrected chi connectivity index (χ3v) is 3.41. The summed E-state index contributed by atoms with van der Waals surface area (Å²) in [6.45, 7) is 1.94. The fourth-order valence-corrected chi connectivity index (χ4v) is 2.20. The van der Waals surface area contributed by atoms with Gasteiger partial charge in [0.15, 0.2) is 0 Å². The first-order valence-electron chi connectivity index (χ1n) is 5.33. The third-order valence-electron chi connectivity index (χ3n) is 2.22. The lowest BCUT2D eigenvalue weighted by atomic mass is 10.2. The summed E-state index contributed by atoms with van der Waals surface area (Å²) in [6, 6.07) is 7.64. The highest BCUT2D eigenvalue weighted by atomic mass is 35.5. The van der Waals surface area contributed by atoms with Gasteiger partial charge in [-0.25, -0.2) is 4.79 Å². The highest BCUT2D eigenvalue weighted by Gasteiger charge is 2.05. The molecule has 0 atom stereocenters. The molecule has 0 amide bonds. The van der Waals surface area contributed by atoms with Gasteiger partial charge in [0.25, 0.3) is 0 Å². The monoisotopic (exact) mass is 270 g/mol. The second-order valence-electron chi connectivity index (χ2n) is 3.34. The Balaban J connectivity index is 2.53. The van der Waals surface area contributed by atoms with Crippen LogP contribution in [0.5, 0.6) is 0 Å². The molecule has 4 heteroatoms. The molecule has 1 rings (SSSR count). The van der Waals surface area contributed by atoms with Crippen molar-refractivity contribution in [3.05, 3.63) is 40.9 Å². The molecule has 0 spiro atoms. The third kappa shape index (κ3) is 4.84. The van der Waals surface area contributed by atoms with Gasteiger partial charge in [-0.05, 0) is 30.7 Å². The highest BCUT2D eigenvalue weighted by molar-refractivity contribution is 7.99. The van der Waals surface area contributed by atoms with Crippen molar-refractivity contribution < 1.29 is 9.53 Å². The van der Waals surface area contributed by atoms with Crippen LogP contribution in [-0.4, -0.2) is 18.8 Å². The van der Waals surface area contributed by atoms with Crippen LogP contribution in [0.2, 0.25) is 5.02 Å². The molecular formula is C13H15ClO2S. The summed E-state index contributed by atoms with van der Waals surface area (Å²) >= 11 is 7.45. The zero-order valence-corrected chi connectivity index (χ0v) is 11.5. The molecule has 0 aliphatic rings. The Kier molecular flexibility index (Phi) is 6.16. The molecule has 0 heterocycles. The zero-order valence-electron chi connectivity index (χ0n) is 9.90. The number of methoxy groups -OCH3 is 1. The van der Waals surface area contributed by atoms with E-state index in [9.17, 15) is 4.79 Å². The number of carbonyl (C=O) groups excluding carboxylic acids is 1. The van der Waals surface area contributed by atoms with Crippen molar-refractivity contribution in [3.63, 3.8) is 0 Å².